The molecule has 10 heteroatoms. The Labute approximate surface area is 138 Å². The normalized spacial score (nSPS) is 11.3. The lowest BCUT2D eigenvalue weighted by Gasteiger charge is -2.12. The van der Waals surface area contributed by atoms with Crippen LogP contribution in [0, 0.1) is 5.82 Å². The lowest BCUT2D eigenvalue weighted by atomic mass is 10.1. The summed E-state index contributed by atoms with van der Waals surface area (Å²) in [6.07, 6.45) is -7.19. The zero-order chi connectivity index (χ0) is 18.7. The molecule has 0 bridgehead atoms. The summed E-state index contributed by atoms with van der Waals surface area (Å²) in [6.45, 7) is 3.11. The first-order valence-corrected chi connectivity index (χ1v) is 6.89. The summed E-state index contributed by atoms with van der Waals surface area (Å²) < 4.78 is 54.9. The largest absolute Gasteiger partial charge is 0.459 e. The van der Waals surface area contributed by atoms with Crippen molar-refractivity contribution in [2.75, 3.05) is 5.32 Å². The first kappa shape index (κ1) is 19.9. The van der Waals surface area contributed by atoms with Gasteiger partial charge in [0.2, 0.25) is 11.7 Å². The number of halogens is 5. The summed E-state index contributed by atoms with van der Waals surface area (Å²) in [7, 11) is 0. The number of esters is 1. The lowest BCUT2D eigenvalue weighted by molar-refractivity contribution is -0.171. The van der Waals surface area contributed by atoms with Gasteiger partial charge in [-0.1, -0.05) is 11.6 Å². The van der Waals surface area contributed by atoms with Gasteiger partial charge in [0.1, 0.15) is 5.82 Å². The van der Waals surface area contributed by atoms with E-state index < -0.39 is 47.9 Å². The van der Waals surface area contributed by atoms with Crippen molar-refractivity contribution in [1.29, 1.82) is 0 Å². The zero-order valence-corrected chi connectivity index (χ0v) is 13.2. The van der Waals surface area contributed by atoms with E-state index in [1.807, 2.05) is 0 Å². The quantitative estimate of drug-likeness (QED) is 0.490. The van der Waals surface area contributed by atoms with E-state index in [2.05, 4.69) is 0 Å². The molecule has 1 rings (SSSR count). The van der Waals surface area contributed by atoms with Gasteiger partial charge in [0.05, 0.1) is 28.8 Å². The monoisotopic (exact) mass is 369 g/mol. The number of ketones is 1. The van der Waals surface area contributed by atoms with Crippen LogP contribution in [0.1, 0.15) is 30.6 Å². The van der Waals surface area contributed by atoms with Gasteiger partial charge in [-0.2, -0.15) is 13.2 Å². The Bertz CT molecular complexity index is 673. The van der Waals surface area contributed by atoms with Crippen LogP contribution in [-0.2, 0) is 14.3 Å². The predicted octanol–water partition coefficient (Wildman–Crippen LogP) is 3.50. The summed E-state index contributed by atoms with van der Waals surface area (Å²) >= 11 is 5.70. The molecule has 0 aliphatic rings. The Hall–Kier alpha value is -2.16. The van der Waals surface area contributed by atoms with E-state index in [1.165, 1.54) is 0 Å². The SMILES string of the molecule is CC(C)OC(=O)c1cc(NC(=O)CC(=O)C(F)(F)F)c(F)cc1Cl. The molecule has 0 unspecified atom stereocenters. The van der Waals surface area contributed by atoms with Gasteiger partial charge in [-0.25, -0.2) is 9.18 Å². The second kappa shape index (κ2) is 7.61. The summed E-state index contributed by atoms with van der Waals surface area (Å²) in [5.74, 6) is -5.67. The number of carbonyl (C=O) groups excluding carboxylic acids is 3. The molecule has 0 heterocycles. The predicted molar refractivity (Wildman–Crippen MR) is 76.3 cm³/mol. The molecule has 1 N–H and O–H groups in total. The highest BCUT2D eigenvalue weighted by Crippen LogP contribution is 2.26. The molecule has 0 aromatic heterocycles. The van der Waals surface area contributed by atoms with Gasteiger partial charge in [0.25, 0.3) is 0 Å². The summed E-state index contributed by atoms with van der Waals surface area (Å²) in [6, 6.07) is 1.51. The second-order valence-electron chi connectivity index (χ2n) is 4.91. The maximum absolute atomic E-state index is 13.7. The van der Waals surface area contributed by atoms with Gasteiger partial charge in [0, 0.05) is 0 Å². The summed E-state index contributed by atoms with van der Waals surface area (Å²) in [5, 5.41) is 1.48. The van der Waals surface area contributed by atoms with E-state index in [4.69, 9.17) is 16.3 Å². The van der Waals surface area contributed by atoms with E-state index in [0.717, 1.165) is 6.07 Å². The van der Waals surface area contributed by atoms with E-state index in [1.54, 1.807) is 19.2 Å². The average Bonchev–Trinajstić information content (AvgIpc) is 2.39. The van der Waals surface area contributed by atoms with Crippen LogP contribution in [0.2, 0.25) is 5.02 Å². The Kier molecular flexibility index (Phi) is 6.30. The van der Waals surface area contributed by atoms with E-state index >= 15 is 0 Å². The molecule has 0 aliphatic heterocycles. The van der Waals surface area contributed by atoms with Crippen molar-refractivity contribution in [2.45, 2.75) is 32.5 Å². The van der Waals surface area contributed by atoms with Crippen LogP contribution < -0.4 is 5.32 Å². The fraction of sp³-hybridized carbons (Fsp3) is 0.357. The molecule has 0 saturated carbocycles. The summed E-state index contributed by atoms with van der Waals surface area (Å²) in [5.41, 5.74) is -0.890. The van der Waals surface area contributed by atoms with Crippen LogP contribution in [0.25, 0.3) is 0 Å². The van der Waals surface area contributed by atoms with E-state index in [9.17, 15) is 31.9 Å². The van der Waals surface area contributed by atoms with Gasteiger partial charge in [0.15, 0.2) is 0 Å². The van der Waals surface area contributed by atoms with Crippen LogP contribution >= 0.6 is 11.6 Å². The third kappa shape index (κ3) is 5.48. The minimum absolute atomic E-state index is 0.288. The second-order valence-corrected chi connectivity index (χ2v) is 5.32. The van der Waals surface area contributed by atoms with Crippen molar-refractivity contribution in [3.63, 3.8) is 0 Å². The fourth-order valence-corrected chi connectivity index (χ4v) is 1.75. The molecule has 0 aliphatic carbocycles. The van der Waals surface area contributed by atoms with Crippen LogP contribution in [0.3, 0.4) is 0 Å². The minimum Gasteiger partial charge on any atom is -0.459 e. The Morgan fingerprint density at radius 1 is 1.25 bits per heavy atom. The number of nitrogens with one attached hydrogen (secondary N) is 1. The highest BCUT2D eigenvalue weighted by atomic mass is 35.5. The smallest absolute Gasteiger partial charge is 0.450 e. The number of carbonyl (C=O) groups is 3. The number of alkyl halides is 3. The van der Waals surface area contributed by atoms with E-state index in [0.29, 0.717) is 6.07 Å². The third-order valence-electron chi connectivity index (χ3n) is 2.53. The summed E-state index contributed by atoms with van der Waals surface area (Å²) in [4.78, 5) is 33.9. The van der Waals surface area contributed by atoms with Crippen molar-refractivity contribution in [1.82, 2.24) is 0 Å². The molecule has 132 valence electrons. The van der Waals surface area contributed by atoms with Crippen molar-refractivity contribution >= 4 is 34.9 Å². The molecule has 24 heavy (non-hydrogen) atoms. The fourth-order valence-electron chi connectivity index (χ4n) is 1.52. The van der Waals surface area contributed by atoms with Gasteiger partial charge in [-0.3, -0.25) is 9.59 Å². The van der Waals surface area contributed by atoms with Crippen LogP contribution in [0.5, 0.6) is 0 Å². The number of benzene rings is 1. The highest BCUT2D eigenvalue weighted by molar-refractivity contribution is 6.33. The molecular formula is C14H12ClF4NO4. The average molecular weight is 370 g/mol. The topological polar surface area (TPSA) is 72.5 Å². The molecule has 0 saturated heterocycles. The number of ether oxygens (including phenoxy) is 1. The maximum Gasteiger partial charge on any atom is 0.450 e. The number of rotatable bonds is 5. The Balaban J connectivity index is 2.98. The Morgan fingerprint density at radius 2 is 1.83 bits per heavy atom. The van der Waals surface area contributed by atoms with Gasteiger partial charge in [-0.15, -0.1) is 0 Å². The van der Waals surface area contributed by atoms with Crippen molar-refractivity contribution in [2.24, 2.45) is 0 Å². The maximum atomic E-state index is 13.7. The molecule has 0 radical (unpaired) electrons. The van der Waals surface area contributed by atoms with E-state index in [-0.39, 0.29) is 10.6 Å². The van der Waals surface area contributed by atoms with Crippen molar-refractivity contribution in [3.8, 4) is 0 Å². The number of hydrogen-bond donors (Lipinski definition) is 1. The van der Waals surface area contributed by atoms with Crippen molar-refractivity contribution < 1.29 is 36.7 Å². The molecule has 1 amide bonds. The van der Waals surface area contributed by atoms with Crippen LogP contribution in [-0.4, -0.2) is 29.9 Å². The number of hydrogen-bond acceptors (Lipinski definition) is 4. The minimum atomic E-state index is -5.18. The molecule has 0 spiro atoms. The number of anilines is 1. The molecule has 0 atom stereocenters. The molecule has 1 aromatic rings. The standard InChI is InChI=1S/C14H12ClF4NO4/c1-6(2)24-13(23)7-3-10(9(16)4-8(7)15)20-12(22)5-11(21)14(17,18)19/h3-4,6H,5H2,1-2H3,(H,20,22). The van der Waals surface area contributed by atoms with Gasteiger partial charge < -0.3 is 10.1 Å². The third-order valence-corrected chi connectivity index (χ3v) is 2.84. The first-order chi connectivity index (χ1) is 10.9. The molecule has 5 nitrogen and oxygen atoms in total. The highest BCUT2D eigenvalue weighted by Gasteiger charge is 2.39. The lowest BCUT2D eigenvalue weighted by Crippen LogP contribution is -2.28. The Morgan fingerprint density at radius 3 is 2.33 bits per heavy atom. The first-order valence-electron chi connectivity index (χ1n) is 6.51. The van der Waals surface area contributed by atoms with Gasteiger partial charge in [-0.05, 0) is 26.0 Å². The van der Waals surface area contributed by atoms with Crippen LogP contribution in [0.4, 0.5) is 23.2 Å². The van der Waals surface area contributed by atoms with Gasteiger partial charge >= 0.3 is 12.1 Å². The number of amides is 1. The van der Waals surface area contributed by atoms with Crippen LogP contribution in [0.15, 0.2) is 12.1 Å². The molecule has 0 fully saturated rings. The van der Waals surface area contributed by atoms with Crippen molar-refractivity contribution in [3.05, 3.63) is 28.5 Å². The zero-order valence-electron chi connectivity index (χ0n) is 12.5. The number of Topliss-reactive ketones (excluding diaryl/α,β-unsaturated/α-hetero) is 1. The molecular weight excluding hydrogens is 358 g/mol. The molecule has 1 aromatic carbocycles.